The third kappa shape index (κ3) is 6.66. The van der Waals surface area contributed by atoms with Gasteiger partial charge in [-0.3, -0.25) is 0 Å². The van der Waals surface area contributed by atoms with Gasteiger partial charge < -0.3 is 10.4 Å². The summed E-state index contributed by atoms with van der Waals surface area (Å²) in [4.78, 5) is 0. The molecule has 0 spiro atoms. The van der Waals surface area contributed by atoms with Crippen molar-refractivity contribution in [3.8, 4) is 0 Å². The van der Waals surface area contributed by atoms with Gasteiger partial charge in [0.25, 0.3) is 0 Å². The molecule has 0 radical (unpaired) electrons. The van der Waals surface area contributed by atoms with Crippen molar-refractivity contribution >= 4 is 11.8 Å². The van der Waals surface area contributed by atoms with Gasteiger partial charge in [0.1, 0.15) is 0 Å². The smallest absolute Gasteiger partial charge is 0.0833 e. The fourth-order valence-electron chi connectivity index (χ4n) is 0.786. The Kier molecular flexibility index (Phi) is 5.13. The summed E-state index contributed by atoms with van der Waals surface area (Å²) in [6.07, 6.45) is 2.00. The van der Waals surface area contributed by atoms with E-state index in [1.54, 1.807) is 11.8 Å². The molecule has 0 fully saturated rings. The Labute approximate surface area is 73.8 Å². The monoisotopic (exact) mass is 177 g/mol. The number of hydrogen-bond donors (Lipinski definition) is 2. The van der Waals surface area contributed by atoms with E-state index in [1.165, 1.54) is 0 Å². The van der Waals surface area contributed by atoms with Crippen molar-refractivity contribution in [3.63, 3.8) is 0 Å². The molecule has 0 saturated heterocycles. The standard InChI is InChI=1S/C8H19NOS/c1-7(2)9-5-8(3,10)6-11-4/h7,9-10H,5-6H2,1-4H3. The molecule has 68 valence electrons. The largest absolute Gasteiger partial charge is 0.388 e. The molecular weight excluding hydrogens is 158 g/mol. The van der Waals surface area contributed by atoms with Crippen LogP contribution >= 0.6 is 11.8 Å². The van der Waals surface area contributed by atoms with E-state index in [-0.39, 0.29) is 0 Å². The molecule has 0 amide bonds. The summed E-state index contributed by atoms with van der Waals surface area (Å²) in [6, 6.07) is 0.448. The molecule has 0 saturated carbocycles. The van der Waals surface area contributed by atoms with E-state index in [0.29, 0.717) is 12.6 Å². The maximum atomic E-state index is 9.68. The van der Waals surface area contributed by atoms with Crippen LogP contribution in [0.15, 0.2) is 0 Å². The van der Waals surface area contributed by atoms with Crippen molar-refractivity contribution < 1.29 is 5.11 Å². The lowest BCUT2D eigenvalue weighted by molar-refractivity contribution is 0.0827. The highest BCUT2D eigenvalue weighted by Crippen LogP contribution is 2.08. The van der Waals surface area contributed by atoms with Crippen LogP contribution in [0.5, 0.6) is 0 Å². The lowest BCUT2D eigenvalue weighted by Gasteiger charge is -2.23. The van der Waals surface area contributed by atoms with Gasteiger partial charge in [0.15, 0.2) is 0 Å². The summed E-state index contributed by atoms with van der Waals surface area (Å²) in [5.41, 5.74) is -0.566. The van der Waals surface area contributed by atoms with E-state index in [4.69, 9.17) is 0 Å². The topological polar surface area (TPSA) is 32.3 Å². The summed E-state index contributed by atoms with van der Waals surface area (Å²) in [7, 11) is 0. The van der Waals surface area contributed by atoms with Crippen molar-refractivity contribution in [3.05, 3.63) is 0 Å². The number of rotatable bonds is 5. The first-order valence-corrected chi connectivity index (χ1v) is 5.32. The van der Waals surface area contributed by atoms with Crippen LogP contribution < -0.4 is 5.32 Å². The second-order valence-electron chi connectivity index (χ2n) is 3.47. The number of thioether (sulfide) groups is 1. The summed E-state index contributed by atoms with van der Waals surface area (Å²) in [5.74, 6) is 0.784. The maximum absolute atomic E-state index is 9.68. The van der Waals surface area contributed by atoms with Gasteiger partial charge in [0.05, 0.1) is 5.60 Å². The molecule has 0 aliphatic rings. The van der Waals surface area contributed by atoms with Crippen LogP contribution in [0.25, 0.3) is 0 Å². The molecule has 0 rings (SSSR count). The van der Waals surface area contributed by atoms with E-state index in [1.807, 2.05) is 13.2 Å². The van der Waals surface area contributed by atoms with Gasteiger partial charge in [0.2, 0.25) is 0 Å². The van der Waals surface area contributed by atoms with Crippen LogP contribution in [-0.4, -0.2) is 35.3 Å². The van der Waals surface area contributed by atoms with Crippen molar-refractivity contribution in [2.75, 3.05) is 18.6 Å². The molecule has 1 atom stereocenters. The third-order valence-electron chi connectivity index (χ3n) is 1.35. The fourth-order valence-corrected chi connectivity index (χ4v) is 1.51. The molecule has 0 aliphatic carbocycles. The Hall–Kier alpha value is 0.270. The first-order chi connectivity index (χ1) is 4.98. The Morgan fingerprint density at radius 2 is 2.09 bits per heavy atom. The molecule has 0 heterocycles. The molecule has 1 unspecified atom stereocenters. The zero-order valence-electron chi connectivity index (χ0n) is 7.85. The first kappa shape index (κ1) is 11.3. The minimum atomic E-state index is -0.566. The molecule has 0 aliphatic heterocycles. The zero-order valence-corrected chi connectivity index (χ0v) is 8.66. The molecule has 2 nitrogen and oxygen atoms in total. The SMILES string of the molecule is CSCC(C)(O)CNC(C)C. The zero-order chi connectivity index (χ0) is 8.91. The van der Waals surface area contributed by atoms with E-state index >= 15 is 0 Å². The maximum Gasteiger partial charge on any atom is 0.0833 e. The Morgan fingerprint density at radius 3 is 2.45 bits per heavy atom. The molecule has 0 aromatic rings. The summed E-state index contributed by atoms with van der Waals surface area (Å²) in [6.45, 7) is 6.69. The lowest BCUT2D eigenvalue weighted by Crippen LogP contribution is -2.42. The number of aliphatic hydroxyl groups is 1. The van der Waals surface area contributed by atoms with Crippen LogP contribution in [0.3, 0.4) is 0 Å². The second-order valence-corrected chi connectivity index (χ2v) is 4.33. The van der Waals surface area contributed by atoms with Crippen LogP contribution in [0, 0.1) is 0 Å². The van der Waals surface area contributed by atoms with Gasteiger partial charge in [0, 0.05) is 18.3 Å². The predicted octanol–water partition coefficient (Wildman–Crippen LogP) is 1.10. The molecule has 0 aromatic carbocycles. The number of nitrogens with one attached hydrogen (secondary N) is 1. The molecular formula is C8H19NOS. The summed E-state index contributed by atoms with van der Waals surface area (Å²) >= 11 is 1.67. The van der Waals surface area contributed by atoms with E-state index < -0.39 is 5.60 Å². The van der Waals surface area contributed by atoms with Crippen LogP contribution in [-0.2, 0) is 0 Å². The number of hydrogen-bond acceptors (Lipinski definition) is 3. The minimum Gasteiger partial charge on any atom is -0.388 e. The Balaban J connectivity index is 3.54. The van der Waals surface area contributed by atoms with Gasteiger partial charge in [-0.15, -0.1) is 0 Å². The normalized spacial score (nSPS) is 16.9. The molecule has 11 heavy (non-hydrogen) atoms. The summed E-state index contributed by atoms with van der Waals surface area (Å²) in [5, 5.41) is 12.9. The van der Waals surface area contributed by atoms with Crippen molar-refractivity contribution in [2.45, 2.75) is 32.4 Å². The van der Waals surface area contributed by atoms with Crippen LogP contribution in [0.4, 0.5) is 0 Å². The molecule has 3 heteroatoms. The van der Waals surface area contributed by atoms with Gasteiger partial charge in [-0.25, -0.2) is 0 Å². The van der Waals surface area contributed by atoms with E-state index in [9.17, 15) is 5.11 Å². The quantitative estimate of drug-likeness (QED) is 0.659. The van der Waals surface area contributed by atoms with Gasteiger partial charge >= 0.3 is 0 Å². The van der Waals surface area contributed by atoms with Crippen LogP contribution in [0.1, 0.15) is 20.8 Å². The first-order valence-electron chi connectivity index (χ1n) is 3.92. The van der Waals surface area contributed by atoms with E-state index in [0.717, 1.165) is 5.75 Å². The van der Waals surface area contributed by atoms with Crippen molar-refractivity contribution in [1.82, 2.24) is 5.32 Å². The molecule has 0 bridgehead atoms. The van der Waals surface area contributed by atoms with Gasteiger partial charge in [-0.2, -0.15) is 11.8 Å². The minimum absolute atomic E-state index is 0.448. The summed E-state index contributed by atoms with van der Waals surface area (Å²) < 4.78 is 0. The van der Waals surface area contributed by atoms with Gasteiger partial charge in [-0.1, -0.05) is 13.8 Å². The highest BCUT2D eigenvalue weighted by Gasteiger charge is 2.18. The Bertz CT molecular complexity index is 104. The third-order valence-corrected chi connectivity index (χ3v) is 2.26. The van der Waals surface area contributed by atoms with Crippen molar-refractivity contribution in [2.24, 2.45) is 0 Å². The second kappa shape index (κ2) is 5.01. The average Bonchev–Trinajstić information content (AvgIpc) is 1.84. The highest BCUT2D eigenvalue weighted by atomic mass is 32.2. The fraction of sp³-hybridized carbons (Fsp3) is 1.00. The van der Waals surface area contributed by atoms with Crippen molar-refractivity contribution in [1.29, 1.82) is 0 Å². The predicted molar refractivity (Wildman–Crippen MR) is 52.1 cm³/mol. The van der Waals surface area contributed by atoms with Crippen LogP contribution in [0.2, 0.25) is 0 Å². The van der Waals surface area contributed by atoms with Gasteiger partial charge in [-0.05, 0) is 13.2 Å². The highest BCUT2D eigenvalue weighted by molar-refractivity contribution is 7.98. The lowest BCUT2D eigenvalue weighted by atomic mass is 10.1. The average molecular weight is 177 g/mol. The molecule has 2 N–H and O–H groups in total. The molecule has 0 aromatic heterocycles. The van der Waals surface area contributed by atoms with E-state index in [2.05, 4.69) is 19.2 Å². The Morgan fingerprint density at radius 1 is 1.55 bits per heavy atom.